The highest BCUT2D eigenvalue weighted by molar-refractivity contribution is 6.46. The first-order chi connectivity index (χ1) is 14.8. The van der Waals surface area contributed by atoms with Crippen molar-refractivity contribution < 1.29 is 23.6 Å². The van der Waals surface area contributed by atoms with Crippen LogP contribution in [0.2, 0.25) is 0 Å². The number of H-pyrrole nitrogens is 1. The van der Waals surface area contributed by atoms with Gasteiger partial charge in [-0.15, -0.1) is 0 Å². The lowest BCUT2D eigenvalue weighted by Gasteiger charge is -2.04. The fourth-order valence-electron chi connectivity index (χ4n) is 3.42. The molecule has 31 heavy (non-hydrogen) atoms. The number of rotatable bonds is 5. The summed E-state index contributed by atoms with van der Waals surface area (Å²) < 4.78 is 4.98. The molecule has 4 rings (SSSR count). The second kappa shape index (κ2) is 7.45. The summed E-state index contributed by atoms with van der Waals surface area (Å²) in [5, 5.41) is 5.33. The van der Waals surface area contributed by atoms with Crippen molar-refractivity contribution in [1.29, 1.82) is 0 Å². The number of hydrogen-bond acceptors (Lipinski definition) is 5. The summed E-state index contributed by atoms with van der Waals surface area (Å²) in [6, 6.07) is 7.64. The Balaban J connectivity index is 1.67. The van der Waals surface area contributed by atoms with E-state index < -0.39 is 17.6 Å². The lowest BCUT2D eigenvalue weighted by Crippen LogP contribution is -2.23. The molecule has 0 fully saturated rings. The third-order valence-corrected chi connectivity index (χ3v) is 5.04. The predicted octanol–water partition coefficient (Wildman–Crippen LogP) is 2.64. The minimum absolute atomic E-state index is 0.0600. The first-order valence-electron chi connectivity index (χ1n) is 9.32. The molecule has 1 aliphatic rings. The zero-order chi connectivity index (χ0) is 22.3. The van der Waals surface area contributed by atoms with E-state index in [1.54, 1.807) is 32.1 Å². The first kappa shape index (κ1) is 19.9. The lowest BCUT2D eigenvalue weighted by molar-refractivity contribution is -0.112. The molecule has 9 heteroatoms. The van der Waals surface area contributed by atoms with Crippen LogP contribution in [0.25, 0.3) is 11.6 Å². The molecule has 0 spiro atoms. The van der Waals surface area contributed by atoms with E-state index in [0.29, 0.717) is 39.5 Å². The Morgan fingerprint density at radius 1 is 1.16 bits per heavy atom. The highest BCUT2D eigenvalue weighted by Gasteiger charge is 2.26. The van der Waals surface area contributed by atoms with Gasteiger partial charge in [-0.05, 0) is 55.8 Å². The fraction of sp³-hybridized carbons (Fsp3) is 0.0909. The highest BCUT2D eigenvalue weighted by atomic mass is 16.3. The molecular weight excluding hydrogens is 400 g/mol. The molecule has 0 saturated carbocycles. The Morgan fingerprint density at radius 3 is 2.61 bits per heavy atom. The average molecular weight is 418 g/mol. The van der Waals surface area contributed by atoms with Gasteiger partial charge in [-0.1, -0.05) is 0 Å². The molecule has 5 N–H and O–H groups in total. The van der Waals surface area contributed by atoms with Crippen molar-refractivity contribution in [1.82, 2.24) is 4.98 Å². The average Bonchev–Trinajstić information content (AvgIpc) is 3.43. The number of ketones is 1. The van der Waals surface area contributed by atoms with Crippen LogP contribution in [-0.4, -0.2) is 28.5 Å². The van der Waals surface area contributed by atoms with Gasteiger partial charge in [0.15, 0.2) is 5.76 Å². The number of nitrogens with one attached hydrogen (secondary N) is 3. The minimum atomic E-state index is -0.839. The third-order valence-electron chi connectivity index (χ3n) is 5.04. The maximum Gasteiger partial charge on any atom is 0.300 e. The minimum Gasteiger partial charge on any atom is -0.461 e. The molecule has 3 aromatic rings. The second-order valence-electron chi connectivity index (χ2n) is 7.06. The molecule has 9 nitrogen and oxygen atoms in total. The number of fused-ring (bicyclic) bond motifs is 1. The van der Waals surface area contributed by atoms with Crippen molar-refractivity contribution >= 4 is 46.5 Å². The van der Waals surface area contributed by atoms with Crippen LogP contribution in [0.3, 0.4) is 0 Å². The summed E-state index contributed by atoms with van der Waals surface area (Å²) in [4.78, 5) is 51.6. The van der Waals surface area contributed by atoms with Crippen molar-refractivity contribution in [2.75, 3.05) is 10.6 Å². The van der Waals surface area contributed by atoms with Crippen molar-refractivity contribution in [2.45, 2.75) is 13.8 Å². The molecule has 1 aromatic carbocycles. The molecule has 0 atom stereocenters. The Kier molecular flexibility index (Phi) is 4.78. The summed E-state index contributed by atoms with van der Waals surface area (Å²) in [6.07, 6.45) is 2.93. The maximum atomic E-state index is 12.5. The van der Waals surface area contributed by atoms with E-state index in [9.17, 15) is 19.2 Å². The van der Waals surface area contributed by atoms with Gasteiger partial charge < -0.3 is 25.8 Å². The van der Waals surface area contributed by atoms with Gasteiger partial charge in [-0.3, -0.25) is 19.2 Å². The number of furan rings is 1. The number of benzene rings is 1. The molecule has 3 heterocycles. The monoisotopic (exact) mass is 418 g/mol. The second-order valence-corrected chi connectivity index (χ2v) is 7.06. The smallest absolute Gasteiger partial charge is 0.300 e. The molecule has 3 amide bonds. The quantitative estimate of drug-likeness (QED) is 0.286. The number of carbonyl (C=O) groups excluding carboxylic acids is 4. The van der Waals surface area contributed by atoms with E-state index in [4.69, 9.17) is 10.2 Å². The zero-order valence-electron chi connectivity index (χ0n) is 16.7. The van der Waals surface area contributed by atoms with E-state index >= 15 is 0 Å². The number of anilines is 2. The van der Waals surface area contributed by atoms with Crippen molar-refractivity contribution in [3.05, 3.63) is 70.4 Å². The molecule has 2 aromatic heterocycles. The van der Waals surface area contributed by atoms with E-state index in [-0.39, 0.29) is 17.2 Å². The van der Waals surface area contributed by atoms with Crippen LogP contribution in [0.4, 0.5) is 11.4 Å². The Morgan fingerprint density at radius 2 is 1.94 bits per heavy atom. The van der Waals surface area contributed by atoms with Gasteiger partial charge in [0.25, 0.3) is 17.6 Å². The molecule has 0 unspecified atom stereocenters. The van der Waals surface area contributed by atoms with Crippen LogP contribution >= 0.6 is 0 Å². The summed E-state index contributed by atoms with van der Waals surface area (Å²) in [6.45, 7) is 3.48. The van der Waals surface area contributed by atoms with Gasteiger partial charge >= 0.3 is 0 Å². The number of amides is 3. The van der Waals surface area contributed by atoms with Crippen LogP contribution in [-0.2, 0) is 9.59 Å². The van der Waals surface area contributed by atoms with Gasteiger partial charge in [-0.2, -0.15) is 0 Å². The fourth-order valence-corrected chi connectivity index (χ4v) is 3.42. The highest BCUT2D eigenvalue weighted by Crippen LogP contribution is 2.35. The van der Waals surface area contributed by atoms with E-state index in [1.165, 1.54) is 24.5 Å². The maximum absolute atomic E-state index is 12.5. The number of Topliss-reactive ketones (excluding diaryl/α,β-unsaturated/α-hetero) is 1. The number of hydrogen-bond donors (Lipinski definition) is 4. The normalized spacial score (nSPS) is 13.7. The van der Waals surface area contributed by atoms with Crippen LogP contribution in [0.15, 0.2) is 41.0 Å². The van der Waals surface area contributed by atoms with Crippen LogP contribution in [0.5, 0.6) is 0 Å². The molecule has 0 aliphatic carbocycles. The summed E-state index contributed by atoms with van der Waals surface area (Å²) in [7, 11) is 0. The molecule has 1 aliphatic heterocycles. The van der Waals surface area contributed by atoms with Crippen molar-refractivity contribution in [3.8, 4) is 0 Å². The zero-order valence-corrected chi connectivity index (χ0v) is 16.7. The predicted molar refractivity (Wildman–Crippen MR) is 113 cm³/mol. The molecule has 0 bridgehead atoms. The number of primary amides is 1. The largest absolute Gasteiger partial charge is 0.461 e. The van der Waals surface area contributed by atoms with Crippen LogP contribution < -0.4 is 16.4 Å². The van der Waals surface area contributed by atoms with Gasteiger partial charge in [0.05, 0.1) is 17.5 Å². The van der Waals surface area contributed by atoms with E-state index in [0.717, 1.165) is 0 Å². The number of carbonyl (C=O) groups is 4. The van der Waals surface area contributed by atoms with Gasteiger partial charge in [0, 0.05) is 28.2 Å². The third kappa shape index (κ3) is 3.52. The number of nitrogens with two attached hydrogens (primary N) is 1. The van der Waals surface area contributed by atoms with Gasteiger partial charge in [-0.25, -0.2) is 0 Å². The molecule has 0 saturated heterocycles. The lowest BCUT2D eigenvalue weighted by atomic mass is 10.0. The number of aryl methyl sites for hydroxylation is 1. The molecular formula is C22H18N4O5. The number of aromatic nitrogens is 1. The Hall–Kier alpha value is -4.40. The number of aromatic amines is 1. The van der Waals surface area contributed by atoms with E-state index in [2.05, 4.69) is 15.6 Å². The Labute approximate surface area is 176 Å². The molecule has 0 radical (unpaired) electrons. The Bertz CT molecular complexity index is 1280. The molecule has 156 valence electrons. The van der Waals surface area contributed by atoms with Crippen LogP contribution in [0.1, 0.15) is 43.4 Å². The van der Waals surface area contributed by atoms with Crippen molar-refractivity contribution in [3.63, 3.8) is 0 Å². The van der Waals surface area contributed by atoms with Crippen molar-refractivity contribution in [2.24, 2.45) is 5.73 Å². The first-order valence-corrected chi connectivity index (χ1v) is 9.32. The summed E-state index contributed by atoms with van der Waals surface area (Å²) in [5.74, 6) is -2.63. The van der Waals surface area contributed by atoms with E-state index in [1.807, 2.05) is 0 Å². The topological polar surface area (TPSA) is 147 Å². The standard InChI is InChI=1S/C22H18N4O5/c1-10-16(9-14-13-8-12(20(23)28)5-6-15(13)25-21(14)29)24-11(2)18(10)26-22(30)19(27)17-4-3-7-31-17/h3-9,24H,1-2H3,(H2,23,28)(H,25,29)(H,26,30)/b14-9-. The van der Waals surface area contributed by atoms with Crippen LogP contribution in [0, 0.1) is 13.8 Å². The SMILES string of the molecule is Cc1[nH]c(/C=C2\C(=O)Nc3ccc(C(N)=O)cc32)c(C)c1NC(=O)C(=O)c1ccco1. The summed E-state index contributed by atoms with van der Waals surface area (Å²) in [5.41, 5.74) is 9.33. The van der Waals surface area contributed by atoms with Gasteiger partial charge in [0.1, 0.15) is 0 Å². The van der Waals surface area contributed by atoms with Gasteiger partial charge in [0.2, 0.25) is 5.91 Å². The summed E-state index contributed by atoms with van der Waals surface area (Å²) >= 11 is 0.